The van der Waals surface area contributed by atoms with Gasteiger partial charge in [0.25, 0.3) is 0 Å². The number of benzene rings is 1. The van der Waals surface area contributed by atoms with Crippen LogP contribution in [0.2, 0.25) is 5.02 Å². The second kappa shape index (κ2) is 11.2. The molecule has 2 heterocycles. The highest BCUT2D eigenvalue weighted by atomic mass is 35.5. The van der Waals surface area contributed by atoms with Gasteiger partial charge in [0.1, 0.15) is 22.7 Å². The summed E-state index contributed by atoms with van der Waals surface area (Å²) >= 11 is 6.21. The first-order valence-electron chi connectivity index (χ1n) is 11.4. The van der Waals surface area contributed by atoms with E-state index in [0.29, 0.717) is 37.1 Å². The number of aromatic nitrogens is 1. The lowest BCUT2D eigenvalue weighted by atomic mass is 9.96. The van der Waals surface area contributed by atoms with Crippen LogP contribution in [0.4, 0.5) is 0 Å². The van der Waals surface area contributed by atoms with Gasteiger partial charge < -0.3 is 14.6 Å². The summed E-state index contributed by atoms with van der Waals surface area (Å²) in [6.45, 7) is 3.87. The molecule has 3 atom stereocenters. The fourth-order valence-corrected chi connectivity index (χ4v) is 6.59. The van der Waals surface area contributed by atoms with Crippen LogP contribution in [0.15, 0.2) is 41.4 Å². The van der Waals surface area contributed by atoms with Gasteiger partial charge in [-0.1, -0.05) is 30.7 Å². The van der Waals surface area contributed by atoms with Gasteiger partial charge >= 0.3 is 5.97 Å². The van der Waals surface area contributed by atoms with E-state index in [0.717, 1.165) is 0 Å². The number of nitriles is 1. The number of sulfonamides is 1. The van der Waals surface area contributed by atoms with Gasteiger partial charge in [0, 0.05) is 25.3 Å². The molecule has 0 aliphatic carbocycles. The van der Waals surface area contributed by atoms with E-state index in [2.05, 4.69) is 10.8 Å². The van der Waals surface area contributed by atoms with Crippen LogP contribution in [0, 0.1) is 24.2 Å². The van der Waals surface area contributed by atoms with Crippen molar-refractivity contribution in [1.82, 2.24) is 14.2 Å². The summed E-state index contributed by atoms with van der Waals surface area (Å²) < 4.78 is 31.1. The molecule has 0 saturated carbocycles. The lowest BCUT2D eigenvalue weighted by Crippen LogP contribution is -2.52. The van der Waals surface area contributed by atoms with Crippen LogP contribution in [0.1, 0.15) is 49.9 Å². The van der Waals surface area contributed by atoms with Gasteiger partial charge in [0.05, 0.1) is 10.9 Å². The summed E-state index contributed by atoms with van der Waals surface area (Å²) in [6.07, 6.45) is 3.32. The summed E-state index contributed by atoms with van der Waals surface area (Å²) in [6, 6.07) is 8.69. The molecule has 1 aromatic carbocycles. The lowest BCUT2D eigenvalue weighted by molar-refractivity contribution is -0.146. The Morgan fingerprint density at radius 3 is 2.69 bits per heavy atom. The highest BCUT2D eigenvalue weighted by Crippen LogP contribution is 2.28. The second-order valence-corrected chi connectivity index (χ2v) is 10.8. The number of carbonyl (C=O) groups is 2. The molecule has 2 N–H and O–H groups in total. The molecule has 0 bridgehead atoms. The number of aryl methyl sites for hydroxylation is 1. The quantitative estimate of drug-likeness (QED) is 0.521. The minimum atomic E-state index is -4.19. The van der Waals surface area contributed by atoms with Gasteiger partial charge in [-0.15, -0.1) is 0 Å². The van der Waals surface area contributed by atoms with Crippen molar-refractivity contribution in [1.29, 1.82) is 5.26 Å². The molecule has 1 amide bonds. The average Bonchev–Trinajstić information content (AvgIpc) is 3.29. The van der Waals surface area contributed by atoms with E-state index >= 15 is 0 Å². The minimum Gasteiger partial charge on any atom is -0.481 e. The molecule has 11 heteroatoms. The first-order valence-corrected chi connectivity index (χ1v) is 13.3. The summed E-state index contributed by atoms with van der Waals surface area (Å²) in [5, 5.41) is 18.9. The molecular formula is C24H29ClN4O5S. The van der Waals surface area contributed by atoms with E-state index in [1.165, 1.54) is 11.0 Å². The van der Waals surface area contributed by atoms with E-state index in [-0.39, 0.29) is 28.9 Å². The molecule has 1 aliphatic heterocycles. The maximum Gasteiger partial charge on any atom is 0.308 e. The SMILES string of the molecule is CCC(CC(NS(=O)(=O)c1c(C)cccc1Cl)C(=O)N1CCCC(C(=O)O)C1)n1cccc1C#N. The van der Waals surface area contributed by atoms with Crippen LogP contribution in [0.5, 0.6) is 0 Å². The molecule has 2 aromatic rings. The smallest absolute Gasteiger partial charge is 0.308 e. The highest BCUT2D eigenvalue weighted by Gasteiger charge is 2.36. The first-order chi connectivity index (χ1) is 16.6. The topological polar surface area (TPSA) is 132 Å². The normalized spacial score (nSPS) is 18.0. The number of piperidine rings is 1. The molecule has 3 unspecified atom stereocenters. The van der Waals surface area contributed by atoms with Crippen molar-refractivity contribution in [3.8, 4) is 6.07 Å². The van der Waals surface area contributed by atoms with E-state index in [9.17, 15) is 28.4 Å². The fraction of sp³-hybridized carbons (Fsp3) is 0.458. The maximum absolute atomic E-state index is 13.6. The minimum absolute atomic E-state index is 0.0152. The predicted octanol–water partition coefficient (Wildman–Crippen LogP) is 3.33. The van der Waals surface area contributed by atoms with Gasteiger partial charge in [0.15, 0.2) is 0 Å². The molecule has 1 fully saturated rings. The zero-order valence-corrected chi connectivity index (χ0v) is 21.2. The number of carbonyl (C=O) groups excluding carboxylic acids is 1. The lowest BCUT2D eigenvalue weighted by Gasteiger charge is -2.34. The van der Waals surface area contributed by atoms with E-state index < -0.39 is 33.9 Å². The Balaban J connectivity index is 1.97. The predicted molar refractivity (Wildman–Crippen MR) is 130 cm³/mol. The van der Waals surface area contributed by atoms with Gasteiger partial charge in [-0.2, -0.15) is 9.98 Å². The van der Waals surface area contributed by atoms with Gasteiger partial charge in [-0.05, 0) is 56.4 Å². The Kier molecular flexibility index (Phi) is 8.59. The number of nitrogens with zero attached hydrogens (tertiary/aromatic N) is 3. The fourth-order valence-electron chi connectivity index (χ4n) is 4.56. The third-order valence-electron chi connectivity index (χ3n) is 6.38. The molecule has 0 radical (unpaired) electrons. The van der Waals surface area contributed by atoms with Gasteiger partial charge in [0.2, 0.25) is 15.9 Å². The zero-order chi connectivity index (χ0) is 25.8. The molecule has 9 nitrogen and oxygen atoms in total. The largest absolute Gasteiger partial charge is 0.481 e. The van der Waals surface area contributed by atoms with Crippen molar-refractivity contribution < 1.29 is 23.1 Å². The van der Waals surface area contributed by atoms with Crippen LogP contribution in [-0.2, 0) is 19.6 Å². The average molecular weight is 521 g/mol. The van der Waals surface area contributed by atoms with E-state index in [1.807, 2.05) is 6.92 Å². The number of halogens is 1. The van der Waals surface area contributed by atoms with Crippen molar-refractivity contribution in [3.05, 3.63) is 52.8 Å². The molecule has 188 valence electrons. The number of nitrogens with one attached hydrogen (secondary N) is 1. The zero-order valence-electron chi connectivity index (χ0n) is 19.6. The van der Waals surface area contributed by atoms with Gasteiger partial charge in [-0.3, -0.25) is 9.59 Å². The van der Waals surface area contributed by atoms with Crippen molar-refractivity contribution in [2.24, 2.45) is 5.92 Å². The van der Waals surface area contributed by atoms with Crippen LogP contribution in [0.3, 0.4) is 0 Å². The van der Waals surface area contributed by atoms with Gasteiger partial charge in [-0.25, -0.2) is 8.42 Å². The Morgan fingerprint density at radius 2 is 2.06 bits per heavy atom. The number of aliphatic carboxylic acids is 1. The van der Waals surface area contributed by atoms with E-state index in [1.54, 1.807) is 42.0 Å². The Bertz CT molecular complexity index is 1220. The van der Waals surface area contributed by atoms with Crippen molar-refractivity contribution in [2.45, 2.75) is 56.5 Å². The molecule has 35 heavy (non-hydrogen) atoms. The maximum atomic E-state index is 13.6. The Hall–Kier alpha value is -2.87. The van der Waals surface area contributed by atoms with E-state index in [4.69, 9.17) is 11.6 Å². The molecule has 1 aliphatic rings. The highest BCUT2D eigenvalue weighted by molar-refractivity contribution is 7.89. The number of hydrogen-bond acceptors (Lipinski definition) is 5. The number of hydrogen-bond donors (Lipinski definition) is 2. The summed E-state index contributed by atoms with van der Waals surface area (Å²) in [5.74, 6) is -2.18. The van der Waals surface area contributed by atoms with Crippen LogP contribution < -0.4 is 4.72 Å². The molecule has 0 spiro atoms. The molecular weight excluding hydrogens is 492 g/mol. The number of rotatable bonds is 9. The molecule has 1 aromatic heterocycles. The van der Waals surface area contributed by atoms with Crippen LogP contribution in [-0.4, -0.2) is 54.0 Å². The molecule has 3 rings (SSSR count). The summed E-state index contributed by atoms with van der Waals surface area (Å²) in [7, 11) is -4.19. The van der Waals surface area contributed by atoms with Crippen LogP contribution in [0.25, 0.3) is 0 Å². The summed E-state index contributed by atoms with van der Waals surface area (Å²) in [4.78, 5) is 26.5. The first kappa shape index (κ1) is 26.7. The Morgan fingerprint density at radius 1 is 1.31 bits per heavy atom. The van der Waals surface area contributed by atoms with Crippen LogP contribution >= 0.6 is 11.6 Å². The van der Waals surface area contributed by atoms with Crippen molar-refractivity contribution >= 4 is 33.5 Å². The van der Waals surface area contributed by atoms with Crippen molar-refractivity contribution in [3.63, 3.8) is 0 Å². The second-order valence-electron chi connectivity index (χ2n) is 8.73. The number of amides is 1. The number of likely N-dealkylation sites (tertiary alicyclic amines) is 1. The number of carboxylic acids is 1. The molecule has 1 saturated heterocycles. The monoisotopic (exact) mass is 520 g/mol. The third kappa shape index (κ3) is 6.04. The third-order valence-corrected chi connectivity index (χ3v) is 8.48. The number of carboxylic acid groups (broad SMARTS) is 1. The van der Waals surface area contributed by atoms with Crippen molar-refractivity contribution in [2.75, 3.05) is 13.1 Å². The summed E-state index contributed by atoms with van der Waals surface area (Å²) in [5.41, 5.74) is 0.834. The standard InChI is InChI=1S/C24H29ClN4O5S/c1-3-18(29-12-6-9-19(29)14-26)13-21(23(30)28-11-5-8-17(15-28)24(31)32)27-35(33,34)22-16(2)7-4-10-20(22)25/h4,6-7,9-10,12,17-18,21,27H,3,5,8,11,13,15H2,1-2H3,(H,31,32). The Labute approximate surface area is 210 Å².